The summed E-state index contributed by atoms with van der Waals surface area (Å²) in [5.41, 5.74) is 2.93. The molecule has 3 heterocycles. The van der Waals surface area contributed by atoms with E-state index >= 15 is 0 Å². The van der Waals surface area contributed by atoms with E-state index < -0.39 is 0 Å². The number of benzene rings is 2. The molecule has 0 aliphatic carbocycles. The summed E-state index contributed by atoms with van der Waals surface area (Å²) < 4.78 is 13.5. The summed E-state index contributed by atoms with van der Waals surface area (Å²) in [4.78, 5) is 28.4. The molecule has 2 unspecified atom stereocenters. The summed E-state index contributed by atoms with van der Waals surface area (Å²) in [7, 11) is 0. The number of rotatable bonds is 3. The van der Waals surface area contributed by atoms with Gasteiger partial charge in [-0.15, -0.1) is 0 Å². The first kappa shape index (κ1) is 21.9. The number of amides is 1. The number of carbonyl (C=O) groups excluding carboxylic acids is 1. The minimum absolute atomic E-state index is 0.0493. The highest BCUT2D eigenvalue weighted by Gasteiger charge is 2.31. The standard InChI is InChI=1S/C25H26FN7O/c1-16-4-7-23(33-28-8-9-29-33)21(12-16)24(34)31-10-11-32(18(3)17(2)15-31)25-27-14-19-13-20(26)5-6-22(19)30-25/h4-9,12-14,17-18H,10-11,15H2,1-3H3. The summed E-state index contributed by atoms with van der Waals surface area (Å²) in [6.07, 6.45) is 4.85. The Kier molecular flexibility index (Phi) is 5.69. The van der Waals surface area contributed by atoms with Crippen LogP contribution in [0.3, 0.4) is 0 Å². The second-order valence-corrected chi connectivity index (χ2v) is 8.87. The van der Waals surface area contributed by atoms with Crippen LogP contribution in [-0.2, 0) is 0 Å². The van der Waals surface area contributed by atoms with Gasteiger partial charge in [-0.05, 0) is 50.1 Å². The van der Waals surface area contributed by atoms with Gasteiger partial charge in [0.1, 0.15) is 5.82 Å². The molecule has 2 atom stereocenters. The molecule has 2 aromatic heterocycles. The van der Waals surface area contributed by atoms with E-state index in [1.165, 1.54) is 16.9 Å². The molecule has 0 spiro atoms. The number of aromatic nitrogens is 5. The lowest BCUT2D eigenvalue weighted by Gasteiger charge is -2.30. The van der Waals surface area contributed by atoms with Crippen LogP contribution in [0, 0.1) is 18.7 Å². The first-order valence-electron chi connectivity index (χ1n) is 11.4. The Labute approximate surface area is 197 Å². The summed E-state index contributed by atoms with van der Waals surface area (Å²) in [6.45, 7) is 7.95. The Balaban J connectivity index is 1.43. The fraction of sp³-hybridized carbons (Fsp3) is 0.320. The largest absolute Gasteiger partial charge is 0.336 e. The van der Waals surface area contributed by atoms with Crippen LogP contribution in [0.1, 0.15) is 29.8 Å². The van der Waals surface area contributed by atoms with Gasteiger partial charge in [-0.1, -0.05) is 18.6 Å². The van der Waals surface area contributed by atoms with Crippen molar-refractivity contribution in [3.05, 3.63) is 71.9 Å². The SMILES string of the molecule is Cc1ccc(-n2nccn2)c(C(=O)N2CCN(c3ncc4cc(F)ccc4n3)C(C)C(C)C2)c1. The number of halogens is 1. The third-order valence-corrected chi connectivity index (χ3v) is 6.52. The van der Waals surface area contributed by atoms with E-state index in [-0.39, 0.29) is 23.7 Å². The molecule has 4 aromatic rings. The van der Waals surface area contributed by atoms with Gasteiger partial charge < -0.3 is 9.80 Å². The van der Waals surface area contributed by atoms with Crippen molar-refractivity contribution in [2.24, 2.45) is 5.92 Å². The molecule has 0 radical (unpaired) electrons. The van der Waals surface area contributed by atoms with Gasteiger partial charge in [0.2, 0.25) is 5.95 Å². The lowest BCUT2D eigenvalue weighted by atomic mass is 10.0. The monoisotopic (exact) mass is 459 g/mol. The van der Waals surface area contributed by atoms with Crippen molar-refractivity contribution < 1.29 is 9.18 Å². The Morgan fingerprint density at radius 1 is 1.06 bits per heavy atom. The average Bonchev–Trinajstić information content (AvgIpc) is 3.32. The van der Waals surface area contributed by atoms with Crippen molar-refractivity contribution in [2.45, 2.75) is 26.8 Å². The van der Waals surface area contributed by atoms with Gasteiger partial charge in [0.15, 0.2) is 0 Å². The van der Waals surface area contributed by atoms with Crippen molar-refractivity contribution in [1.82, 2.24) is 29.9 Å². The number of nitrogens with zero attached hydrogens (tertiary/aromatic N) is 7. The summed E-state index contributed by atoms with van der Waals surface area (Å²) >= 11 is 0. The van der Waals surface area contributed by atoms with Gasteiger partial charge in [0.25, 0.3) is 5.91 Å². The molecular weight excluding hydrogens is 433 g/mol. The number of fused-ring (bicyclic) bond motifs is 1. The summed E-state index contributed by atoms with van der Waals surface area (Å²) in [5.74, 6) is 0.405. The fourth-order valence-corrected chi connectivity index (χ4v) is 4.44. The highest BCUT2D eigenvalue weighted by atomic mass is 19.1. The molecule has 5 rings (SSSR count). The predicted molar refractivity (Wildman–Crippen MR) is 127 cm³/mol. The molecule has 0 saturated carbocycles. The average molecular weight is 460 g/mol. The minimum Gasteiger partial charge on any atom is -0.336 e. The number of carbonyl (C=O) groups is 1. The third-order valence-electron chi connectivity index (χ3n) is 6.52. The molecule has 9 heteroatoms. The van der Waals surface area contributed by atoms with Crippen LogP contribution < -0.4 is 4.90 Å². The molecule has 174 valence electrons. The quantitative estimate of drug-likeness (QED) is 0.465. The molecule has 1 saturated heterocycles. The van der Waals surface area contributed by atoms with Crippen LogP contribution in [0.25, 0.3) is 16.6 Å². The van der Waals surface area contributed by atoms with Gasteiger partial charge in [-0.2, -0.15) is 15.0 Å². The number of hydrogen-bond acceptors (Lipinski definition) is 6. The van der Waals surface area contributed by atoms with Crippen LogP contribution in [0.4, 0.5) is 10.3 Å². The predicted octanol–water partition coefficient (Wildman–Crippen LogP) is 3.65. The van der Waals surface area contributed by atoms with Crippen molar-refractivity contribution in [3.8, 4) is 5.69 Å². The van der Waals surface area contributed by atoms with Gasteiger partial charge >= 0.3 is 0 Å². The van der Waals surface area contributed by atoms with Crippen LogP contribution >= 0.6 is 0 Å². The number of hydrogen-bond donors (Lipinski definition) is 0. The summed E-state index contributed by atoms with van der Waals surface area (Å²) in [6, 6.07) is 10.3. The third kappa shape index (κ3) is 4.09. The molecular formula is C25H26FN7O. The van der Waals surface area contributed by atoms with Crippen molar-refractivity contribution in [1.29, 1.82) is 0 Å². The van der Waals surface area contributed by atoms with Crippen LogP contribution in [-0.4, -0.2) is 61.4 Å². The second kappa shape index (κ2) is 8.81. The maximum atomic E-state index is 13.7. The van der Waals surface area contributed by atoms with Crippen molar-refractivity contribution >= 4 is 22.8 Å². The lowest BCUT2D eigenvalue weighted by molar-refractivity contribution is 0.0747. The highest BCUT2D eigenvalue weighted by molar-refractivity contribution is 5.98. The fourth-order valence-electron chi connectivity index (χ4n) is 4.44. The zero-order chi connectivity index (χ0) is 23.8. The van der Waals surface area contributed by atoms with Gasteiger partial charge in [-0.3, -0.25) is 4.79 Å². The Morgan fingerprint density at radius 2 is 1.85 bits per heavy atom. The van der Waals surface area contributed by atoms with Gasteiger partial charge in [0, 0.05) is 37.3 Å². The molecule has 8 nitrogen and oxygen atoms in total. The zero-order valence-electron chi connectivity index (χ0n) is 19.4. The van der Waals surface area contributed by atoms with Gasteiger partial charge in [-0.25, -0.2) is 14.4 Å². The van der Waals surface area contributed by atoms with E-state index in [9.17, 15) is 9.18 Å². The first-order valence-corrected chi connectivity index (χ1v) is 11.4. The van der Waals surface area contributed by atoms with E-state index in [1.54, 1.807) is 24.7 Å². The highest BCUT2D eigenvalue weighted by Crippen LogP contribution is 2.25. The number of anilines is 1. The zero-order valence-corrected chi connectivity index (χ0v) is 19.4. The molecule has 2 aromatic carbocycles. The van der Waals surface area contributed by atoms with E-state index in [1.807, 2.05) is 30.0 Å². The summed E-state index contributed by atoms with van der Waals surface area (Å²) in [5, 5.41) is 9.10. The molecule has 0 N–H and O–H groups in total. The molecule has 1 amide bonds. The maximum Gasteiger partial charge on any atom is 0.256 e. The second-order valence-electron chi connectivity index (χ2n) is 8.87. The van der Waals surface area contributed by atoms with Crippen molar-refractivity contribution in [3.63, 3.8) is 0 Å². The van der Waals surface area contributed by atoms with Crippen LogP contribution in [0.2, 0.25) is 0 Å². The molecule has 1 aliphatic rings. The van der Waals surface area contributed by atoms with Gasteiger partial charge in [0.05, 0.1) is 29.2 Å². The minimum atomic E-state index is -0.310. The van der Waals surface area contributed by atoms with Crippen molar-refractivity contribution in [2.75, 3.05) is 24.5 Å². The smallest absolute Gasteiger partial charge is 0.256 e. The molecule has 0 bridgehead atoms. The number of aryl methyl sites for hydroxylation is 1. The first-order chi connectivity index (χ1) is 16.4. The van der Waals surface area contributed by atoms with E-state index in [0.717, 1.165) is 5.56 Å². The van der Waals surface area contributed by atoms with E-state index in [0.29, 0.717) is 47.7 Å². The lowest BCUT2D eigenvalue weighted by Crippen LogP contribution is -2.39. The van der Waals surface area contributed by atoms with E-state index in [2.05, 4.69) is 38.9 Å². The Morgan fingerprint density at radius 3 is 2.65 bits per heavy atom. The normalized spacial score (nSPS) is 18.8. The molecule has 34 heavy (non-hydrogen) atoms. The van der Waals surface area contributed by atoms with Crippen LogP contribution in [0.15, 0.2) is 55.0 Å². The topological polar surface area (TPSA) is 80.0 Å². The Hall–Kier alpha value is -3.88. The Bertz CT molecular complexity index is 1340. The van der Waals surface area contributed by atoms with Crippen LogP contribution in [0.5, 0.6) is 0 Å². The maximum absolute atomic E-state index is 13.7. The molecule has 1 fully saturated rings. The van der Waals surface area contributed by atoms with E-state index in [4.69, 9.17) is 0 Å². The molecule has 1 aliphatic heterocycles.